The van der Waals surface area contributed by atoms with Crippen LogP contribution in [0.1, 0.15) is 27.2 Å². The molecule has 0 aliphatic carbocycles. The lowest BCUT2D eigenvalue weighted by Crippen LogP contribution is -2.42. The maximum absolute atomic E-state index is 11.8. The fourth-order valence-corrected chi connectivity index (χ4v) is 1.36. The summed E-state index contributed by atoms with van der Waals surface area (Å²) in [6, 6.07) is 0. The summed E-state index contributed by atoms with van der Waals surface area (Å²) in [5.74, 6) is -1.19. The second-order valence-corrected chi connectivity index (χ2v) is 5.13. The number of amides is 1. The molecule has 0 spiro atoms. The molecule has 0 bridgehead atoms. The molecule has 0 radical (unpaired) electrons. The Balaban J connectivity index is 4.15. The first kappa shape index (κ1) is 16.9. The van der Waals surface area contributed by atoms with Crippen molar-refractivity contribution in [3.05, 3.63) is 0 Å². The zero-order valence-electron chi connectivity index (χ0n) is 11.7. The normalized spacial score (nSPS) is 11.3. The molecule has 0 saturated carbocycles. The number of methoxy groups -OCH3 is 1. The maximum Gasteiger partial charge on any atom is 0.323 e. The van der Waals surface area contributed by atoms with Crippen LogP contribution in [-0.4, -0.2) is 60.8 Å². The maximum atomic E-state index is 11.8. The molecule has 0 saturated heterocycles. The minimum absolute atomic E-state index is 0.0512. The fourth-order valence-electron chi connectivity index (χ4n) is 1.36. The van der Waals surface area contributed by atoms with E-state index >= 15 is 0 Å². The van der Waals surface area contributed by atoms with Crippen molar-refractivity contribution in [3.63, 3.8) is 0 Å². The van der Waals surface area contributed by atoms with E-state index in [1.54, 1.807) is 0 Å². The minimum Gasteiger partial charge on any atom is -0.480 e. The third-order valence-electron chi connectivity index (χ3n) is 2.24. The largest absolute Gasteiger partial charge is 0.480 e. The Labute approximate surface area is 108 Å². The number of carboxylic acid groups (broad SMARTS) is 1. The molecule has 0 aliphatic rings. The van der Waals surface area contributed by atoms with E-state index in [9.17, 15) is 9.59 Å². The third kappa shape index (κ3) is 8.95. The molecule has 0 heterocycles. The van der Waals surface area contributed by atoms with Crippen LogP contribution < -0.4 is 5.32 Å². The quantitative estimate of drug-likeness (QED) is 0.657. The Hall–Kier alpha value is -1.14. The van der Waals surface area contributed by atoms with Crippen LogP contribution in [0.5, 0.6) is 0 Å². The van der Waals surface area contributed by atoms with Crippen molar-refractivity contribution in [2.45, 2.75) is 32.7 Å². The first-order valence-corrected chi connectivity index (χ1v) is 6.00. The highest BCUT2D eigenvalue weighted by molar-refractivity contribution is 5.81. The molecule has 6 heteroatoms. The summed E-state index contributed by atoms with van der Waals surface area (Å²) in [5.41, 5.74) is -0.0512. The van der Waals surface area contributed by atoms with Crippen LogP contribution in [-0.2, 0) is 14.3 Å². The number of carboxylic acids is 1. The second kappa shape index (κ2) is 8.05. The van der Waals surface area contributed by atoms with E-state index in [-0.39, 0.29) is 24.4 Å². The van der Waals surface area contributed by atoms with Crippen molar-refractivity contribution in [1.82, 2.24) is 10.2 Å². The van der Waals surface area contributed by atoms with Gasteiger partial charge in [-0.2, -0.15) is 0 Å². The molecule has 0 aromatic rings. The predicted molar refractivity (Wildman–Crippen MR) is 68.5 cm³/mol. The zero-order valence-corrected chi connectivity index (χ0v) is 11.7. The van der Waals surface area contributed by atoms with Gasteiger partial charge in [-0.1, -0.05) is 0 Å². The Morgan fingerprint density at radius 3 is 2.39 bits per heavy atom. The highest BCUT2D eigenvalue weighted by atomic mass is 16.5. The molecule has 0 atom stereocenters. The van der Waals surface area contributed by atoms with Gasteiger partial charge < -0.3 is 20.1 Å². The number of hydrogen-bond donors (Lipinski definition) is 2. The number of nitrogens with one attached hydrogen (secondary N) is 1. The van der Waals surface area contributed by atoms with Gasteiger partial charge in [-0.15, -0.1) is 0 Å². The van der Waals surface area contributed by atoms with E-state index in [2.05, 4.69) is 5.32 Å². The number of aliphatic carboxylic acids is 1. The van der Waals surface area contributed by atoms with Crippen LogP contribution in [0.3, 0.4) is 0 Å². The number of carbonyl (C=O) groups excluding carboxylic acids is 1. The Morgan fingerprint density at radius 1 is 1.33 bits per heavy atom. The SMILES string of the molecule is COCCN(CC(=O)O)C(=O)CCNC(C)(C)C. The average Bonchev–Trinajstić information content (AvgIpc) is 2.21. The number of hydrogen-bond acceptors (Lipinski definition) is 4. The predicted octanol–water partition coefficient (Wildman–Crippen LogP) is 0.324. The van der Waals surface area contributed by atoms with Gasteiger partial charge in [0.25, 0.3) is 0 Å². The molecular formula is C12H24N2O4. The average molecular weight is 260 g/mol. The summed E-state index contributed by atoms with van der Waals surface area (Å²) >= 11 is 0. The summed E-state index contributed by atoms with van der Waals surface area (Å²) in [6.45, 7) is 6.93. The molecule has 0 unspecified atom stereocenters. The number of nitrogens with zero attached hydrogens (tertiary/aromatic N) is 1. The van der Waals surface area contributed by atoms with E-state index in [0.717, 1.165) is 0 Å². The highest BCUT2D eigenvalue weighted by Crippen LogP contribution is 2.00. The van der Waals surface area contributed by atoms with Gasteiger partial charge in [0.2, 0.25) is 5.91 Å². The van der Waals surface area contributed by atoms with Gasteiger partial charge in [0, 0.05) is 32.2 Å². The number of carbonyl (C=O) groups is 2. The lowest BCUT2D eigenvalue weighted by Gasteiger charge is -2.23. The molecule has 0 aromatic carbocycles. The third-order valence-corrected chi connectivity index (χ3v) is 2.24. The van der Waals surface area contributed by atoms with E-state index in [1.807, 2.05) is 20.8 Å². The summed E-state index contributed by atoms with van der Waals surface area (Å²) in [4.78, 5) is 23.8. The van der Waals surface area contributed by atoms with Gasteiger partial charge in [0.1, 0.15) is 6.54 Å². The summed E-state index contributed by atoms with van der Waals surface area (Å²) in [5, 5.41) is 11.9. The van der Waals surface area contributed by atoms with Crippen molar-refractivity contribution in [2.24, 2.45) is 0 Å². The van der Waals surface area contributed by atoms with Crippen LogP contribution in [0.25, 0.3) is 0 Å². The van der Waals surface area contributed by atoms with Crippen LogP contribution >= 0.6 is 0 Å². The topological polar surface area (TPSA) is 78.9 Å². The van der Waals surface area contributed by atoms with Gasteiger partial charge in [-0.3, -0.25) is 9.59 Å². The van der Waals surface area contributed by atoms with Crippen molar-refractivity contribution in [2.75, 3.05) is 33.4 Å². The Kier molecular flexibility index (Phi) is 7.54. The fraction of sp³-hybridized carbons (Fsp3) is 0.833. The van der Waals surface area contributed by atoms with E-state index in [1.165, 1.54) is 12.0 Å². The smallest absolute Gasteiger partial charge is 0.323 e. The van der Waals surface area contributed by atoms with Gasteiger partial charge >= 0.3 is 5.97 Å². The monoisotopic (exact) mass is 260 g/mol. The van der Waals surface area contributed by atoms with Gasteiger partial charge in [0.15, 0.2) is 0 Å². The van der Waals surface area contributed by atoms with Crippen LogP contribution in [0.15, 0.2) is 0 Å². The van der Waals surface area contributed by atoms with Crippen molar-refractivity contribution in [3.8, 4) is 0 Å². The van der Waals surface area contributed by atoms with E-state index in [0.29, 0.717) is 19.7 Å². The molecule has 0 fully saturated rings. The molecule has 1 amide bonds. The summed E-state index contributed by atoms with van der Waals surface area (Å²) in [7, 11) is 1.52. The van der Waals surface area contributed by atoms with Gasteiger partial charge in [-0.05, 0) is 20.8 Å². The molecule has 0 aromatic heterocycles. The number of rotatable bonds is 8. The molecule has 6 nitrogen and oxygen atoms in total. The summed E-state index contributed by atoms with van der Waals surface area (Å²) < 4.78 is 4.86. The van der Waals surface area contributed by atoms with Gasteiger partial charge in [0.05, 0.1) is 6.61 Å². The molecule has 0 rings (SSSR count). The van der Waals surface area contributed by atoms with E-state index in [4.69, 9.17) is 9.84 Å². The first-order valence-electron chi connectivity index (χ1n) is 6.00. The number of ether oxygens (including phenoxy) is 1. The summed E-state index contributed by atoms with van der Waals surface area (Å²) in [6.07, 6.45) is 0.286. The zero-order chi connectivity index (χ0) is 14.2. The first-order chi connectivity index (χ1) is 8.26. The molecule has 106 valence electrons. The van der Waals surface area contributed by atoms with Crippen LogP contribution in [0, 0.1) is 0 Å². The Morgan fingerprint density at radius 2 is 1.94 bits per heavy atom. The minimum atomic E-state index is -1.01. The second-order valence-electron chi connectivity index (χ2n) is 5.13. The van der Waals surface area contributed by atoms with Crippen LogP contribution in [0.4, 0.5) is 0 Å². The van der Waals surface area contributed by atoms with Crippen molar-refractivity contribution in [1.29, 1.82) is 0 Å². The standard InChI is InChI=1S/C12H24N2O4/c1-12(2,3)13-6-5-10(15)14(7-8-18-4)9-11(16)17/h13H,5-9H2,1-4H3,(H,16,17). The Bertz CT molecular complexity index is 274. The molecular weight excluding hydrogens is 236 g/mol. The molecule has 18 heavy (non-hydrogen) atoms. The lowest BCUT2D eigenvalue weighted by atomic mass is 10.1. The highest BCUT2D eigenvalue weighted by Gasteiger charge is 2.17. The lowest BCUT2D eigenvalue weighted by molar-refractivity contribution is -0.144. The molecule has 0 aliphatic heterocycles. The van der Waals surface area contributed by atoms with Crippen molar-refractivity contribution >= 4 is 11.9 Å². The van der Waals surface area contributed by atoms with Crippen molar-refractivity contribution < 1.29 is 19.4 Å². The molecule has 2 N–H and O–H groups in total. The van der Waals surface area contributed by atoms with Gasteiger partial charge in [-0.25, -0.2) is 0 Å². The van der Waals surface area contributed by atoms with Crippen LogP contribution in [0.2, 0.25) is 0 Å². The van der Waals surface area contributed by atoms with E-state index < -0.39 is 5.97 Å².